The Morgan fingerprint density at radius 1 is 1.21 bits per heavy atom. The number of alkyl halides is 3. The van der Waals surface area contributed by atoms with Crippen LogP contribution in [0.25, 0.3) is 6.08 Å². The van der Waals surface area contributed by atoms with Crippen molar-refractivity contribution in [2.75, 3.05) is 0 Å². The van der Waals surface area contributed by atoms with E-state index in [1.807, 2.05) is 5.32 Å². The maximum Gasteiger partial charge on any atom is 0.419 e. The first-order chi connectivity index (χ1) is 8.79. The zero-order valence-electron chi connectivity index (χ0n) is 9.05. The summed E-state index contributed by atoms with van der Waals surface area (Å²) >= 11 is 0.504. The monoisotopic (exact) mass is 291 g/mol. The van der Waals surface area contributed by atoms with Crippen LogP contribution in [0.3, 0.4) is 0 Å². The molecule has 0 unspecified atom stereocenters. The quantitative estimate of drug-likeness (QED) is 0.638. The maximum absolute atomic E-state index is 13.7. The molecule has 1 saturated heterocycles. The number of carbonyl (C=O) groups is 2. The molecule has 1 aliphatic rings. The minimum absolute atomic E-state index is 0.150. The zero-order valence-corrected chi connectivity index (χ0v) is 9.86. The Kier molecular flexibility index (Phi) is 3.36. The molecule has 1 aromatic carbocycles. The second-order valence-corrected chi connectivity index (χ2v) is 4.57. The molecular weight excluding hydrogens is 286 g/mol. The summed E-state index contributed by atoms with van der Waals surface area (Å²) in [5.41, 5.74) is -1.82. The molecule has 1 aromatic rings. The molecule has 100 valence electrons. The summed E-state index contributed by atoms with van der Waals surface area (Å²) in [7, 11) is 0. The molecule has 0 saturated carbocycles. The average molecular weight is 291 g/mol. The van der Waals surface area contributed by atoms with Crippen molar-refractivity contribution in [3.63, 3.8) is 0 Å². The lowest BCUT2D eigenvalue weighted by atomic mass is 10.1. The Bertz CT molecular complexity index is 595. The summed E-state index contributed by atoms with van der Waals surface area (Å²) in [6.07, 6.45) is -3.91. The van der Waals surface area contributed by atoms with E-state index in [2.05, 4.69) is 0 Å². The highest BCUT2D eigenvalue weighted by atomic mass is 32.2. The molecule has 0 radical (unpaired) electrons. The van der Waals surface area contributed by atoms with Crippen LogP contribution in [0.2, 0.25) is 0 Å². The third kappa shape index (κ3) is 2.78. The molecule has 8 heteroatoms. The zero-order chi connectivity index (χ0) is 14.2. The number of hydrogen-bond donors (Lipinski definition) is 1. The summed E-state index contributed by atoms with van der Waals surface area (Å²) in [5.74, 6) is -2.23. The minimum Gasteiger partial charge on any atom is -0.282 e. The van der Waals surface area contributed by atoms with Crippen molar-refractivity contribution >= 4 is 29.0 Å². The van der Waals surface area contributed by atoms with E-state index in [4.69, 9.17) is 0 Å². The summed E-state index contributed by atoms with van der Waals surface area (Å²) in [6.45, 7) is 0. The number of benzene rings is 1. The van der Waals surface area contributed by atoms with Crippen LogP contribution in [-0.4, -0.2) is 11.1 Å². The molecule has 3 nitrogen and oxygen atoms in total. The van der Waals surface area contributed by atoms with E-state index < -0.39 is 34.3 Å². The number of hydrogen-bond acceptors (Lipinski definition) is 3. The first kappa shape index (κ1) is 13.6. The fraction of sp³-hybridized carbons (Fsp3) is 0.0909. The molecule has 0 aliphatic carbocycles. The van der Waals surface area contributed by atoms with Gasteiger partial charge in [-0.05, 0) is 23.9 Å². The predicted octanol–water partition coefficient (Wildman–Crippen LogP) is 3.17. The highest BCUT2D eigenvalue weighted by Crippen LogP contribution is 2.34. The van der Waals surface area contributed by atoms with Crippen molar-refractivity contribution in [1.29, 1.82) is 0 Å². The van der Waals surface area contributed by atoms with Gasteiger partial charge in [-0.25, -0.2) is 4.39 Å². The number of nitrogens with one attached hydrogen (secondary N) is 1. The van der Waals surface area contributed by atoms with Gasteiger partial charge >= 0.3 is 6.18 Å². The molecule has 2 rings (SSSR count). The molecule has 1 aliphatic heterocycles. The van der Waals surface area contributed by atoms with E-state index in [1.165, 1.54) is 0 Å². The largest absolute Gasteiger partial charge is 0.419 e. The lowest BCUT2D eigenvalue weighted by Crippen LogP contribution is -2.17. The Balaban J connectivity index is 2.45. The standard InChI is InChI=1S/C11H5F4NO2S/c12-8-5(2-1-3-6(8)11(13,14)15)4-7-9(17)16-10(18)19-7/h1-4H,(H,16,17,18). The number of carbonyl (C=O) groups excluding carboxylic acids is 2. The van der Waals surface area contributed by atoms with Gasteiger partial charge in [0.05, 0.1) is 10.5 Å². The van der Waals surface area contributed by atoms with Crippen LogP contribution in [-0.2, 0) is 11.0 Å². The molecule has 0 aromatic heterocycles. The number of amides is 2. The van der Waals surface area contributed by atoms with Gasteiger partial charge < -0.3 is 0 Å². The summed E-state index contributed by atoms with van der Waals surface area (Å²) < 4.78 is 51.1. The van der Waals surface area contributed by atoms with E-state index in [0.29, 0.717) is 17.8 Å². The van der Waals surface area contributed by atoms with Gasteiger partial charge in [-0.15, -0.1) is 0 Å². The summed E-state index contributed by atoms with van der Waals surface area (Å²) in [4.78, 5) is 21.9. The van der Waals surface area contributed by atoms with Gasteiger partial charge in [0.25, 0.3) is 11.1 Å². The van der Waals surface area contributed by atoms with Gasteiger partial charge in [0.1, 0.15) is 5.82 Å². The minimum atomic E-state index is -4.82. The maximum atomic E-state index is 13.7. The molecular formula is C11H5F4NO2S. The highest BCUT2D eigenvalue weighted by Gasteiger charge is 2.35. The Morgan fingerprint density at radius 3 is 2.42 bits per heavy atom. The fourth-order valence-corrected chi connectivity index (χ4v) is 2.12. The van der Waals surface area contributed by atoms with Crippen molar-refractivity contribution in [3.8, 4) is 0 Å². The first-order valence-electron chi connectivity index (χ1n) is 4.89. The van der Waals surface area contributed by atoms with Crippen molar-refractivity contribution < 1.29 is 27.2 Å². The average Bonchev–Trinajstić information content (AvgIpc) is 2.59. The van der Waals surface area contributed by atoms with Crippen LogP contribution in [0.15, 0.2) is 23.1 Å². The van der Waals surface area contributed by atoms with Gasteiger partial charge in [0.15, 0.2) is 0 Å². The lowest BCUT2D eigenvalue weighted by molar-refractivity contribution is -0.140. The second kappa shape index (κ2) is 4.69. The number of rotatable bonds is 1. The molecule has 19 heavy (non-hydrogen) atoms. The van der Waals surface area contributed by atoms with Crippen LogP contribution >= 0.6 is 11.8 Å². The molecule has 2 amide bonds. The van der Waals surface area contributed by atoms with Gasteiger partial charge in [-0.1, -0.05) is 12.1 Å². The summed E-state index contributed by atoms with van der Waals surface area (Å²) in [6, 6.07) is 2.72. The van der Waals surface area contributed by atoms with Crippen LogP contribution < -0.4 is 5.32 Å². The summed E-state index contributed by atoms with van der Waals surface area (Å²) in [5, 5.41) is 1.27. The SMILES string of the molecule is O=C1NC(=O)C(=Cc2cccc(C(F)(F)F)c2F)S1. The topological polar surface area (TPSA) is 46.2 Å². The fourth-order valence-electron chi connectivity index (χ4n) is 1.44. The van der Waals surface area contributed by atoms with Crippen molar-refractivity contribution in [3.05, 3.63) is 40.0 Å². The van der Waals surface area contributed by atoms with E-state index in [1.54, 1.807) is 0 Å². The van der Waals surface area contributed by atoms with Crippen LogP contribution in [0.4, 0.5) is 22.4 Å². The number of halogens is 4. The third-order valence-corrected chi connectivity index (χ3v) is 3.07. The van der Waals surface area contributed by atoms with Crippen molar-refractivity contribution in [1.82, 2.24) is 5.32 Å². The molecule has 0 spiro atoms. The van der Waals surface area contributed by atoms with E-state index >= 15 is 0 Å². The van der Waals surface area contributed by atoms with E-state index in [-0.39, 0.29) is 4.91 Å². The van der Waals surface area contributed by atoms with Crippen LogP contribution in [0.5, 0.6) is 0 Å². The predicted molar refractivity (Wildman–Crippen MR) is 60.5 cm³/mol. The second-order valence-electron chi connectivity index (χ2n) is 3.56. The Labute approximate surface area is 108 Å². The molecule has 0 bridgehead atoms. The first-order valence-corrected chi connectivity index (χ1v) is 5.71. The van der Waals surface area contributed by atoms with E-state index in [0.717, 1.165) is 18.2 Å². The van der Waals surface area contributed by atoms with Gasteiger partial charge in [-0.2, -0.15) is 13.2 Å². The normalized spacial score (nSPS) is 18.0. The van der Waals surface area contributed by atoms with Crippen LogP contribution in [0, 0.1) is 5.82 Å². The Morgan fingerprint density at radius 2 is 1.89 bits per heavy atom. The van der Waals surface area contributed by atoms with E-state index in [9.17, 15) is 27.2 Å². The molecule has 1 fully saturated rings. The highest BCUT2D eigenvalue weighted by molar-refractivity contribution is 8.18. The van der Waals surface area contributed by atoms with Crippen molar-refractivity contribution in [2.45, 2.75) is 6.18 Å². The number of imide groups is 1. The van der Waals surface area contributed by atoms with Crippen LogP contribution in [0.1, 0.15) is 11.1 Å². The molecule has 0 atom stereocenters. The number of thioether (sulfide) groups is 1. The van der Waals surface area contributed by atoms with Gasteiger partial charge in [0, 0.05) is 5.56 Å². The smallest absolute Gasteiger partial charge is 0.282 e. The third-order valence-electron chi connectivity index (χ3n) is 2.26. The van der Waals surface area contributed by atoms with Gasteiger partial charge in [0.2, 0.25) is 0 Å². The lowest BCUT2D eigenvalue weighted by Gasteiger charge is -2.09. The van der Waals surface area contributed by atoms with Crippen molar-refractivity contribution in [2.24, 2.45) is 0 Å². The van der Waals surface area contributed by atoms with Gasteiger partial charge in [-0.3, -0.25) is 14.9 Å². The molecule has 1 heterocycles. The Hall–Kier alpha value is -1.83. The molecule has 1 N–H and O–H groups in total.